The van der Waals surface area contributed by atoms with E-state index >= 15 is 0 Å². The fourth-order valence-electron chi connectivity index (χ4n) is 1.32. The molecule has 1 heterocycles. The van der Waals surface area contributed by atoms with Crippen molar-refractivity contribution < 1.29 is 0 Å². The quantitative estimate of drug-likeness (QED) is 0.430. The van der Waals surface area contributed by atoms with Crippen LogP contribution in [0.3, 0.4) is 0 Å². The van der Waals surface area contributed by atoms with E-state index in [9.17, 15) is 0 Å². The van der Waals surface area contributed by atoms with Crippen LogP contribution in [-0.4, -0.2) is 24.5 Å². The topological polar surface area (TPSA) is 3.24 Å². The molecule has 0 amide bonds. The summed E-state index contributed by atoms with van der Waals surface area (Å²) < 4.78 is 0. The van der Waals surface area contributed by atoms with Crippen molar-refractivity contribution in [3.05, 3.63) is 12.2 Å². The van der Waals surface area contributed by atoms with Gasteiger partial charge in [0, 0.05) is 6.54 Å². The summed E-state index contributed by atoms with van der Waals surface area (Å²) in [6, 6.07) is 0. The first-order valence-electron chi connectivity index (χ1n) is 3.99. The molecule has 0 aromatic heterocycles. The van der Waals surface area contributed by atoms with E-state index < -0.39 is 0 Å². The lowest BCUT2D eigenvalue weighted by Crippen LogP contribution is -2.20. The Hall–Kier alpha value is -0.740. The second-order valence-corrected chi connectivity index (χ2v) is 2.94. The van der Waals surface area contributed by atoms with E-state index in [1.165, 1.54) is 31.5 Å². The summed E-state index contributed by atoms with van der Waals surface area (Å²) in [5.41, 5.74) is 1.29. The average molecular weight is 151 g/mol. The van der Waals surface area contributed by atoms with E-state index in [1.807, 2.05) is 0 Å². The monoisotopic (exact) mass is 151 g/mol. The van der Waals surface area contributed by atoms with Crippen LogP contribution in [0.25, 0.3) is 0 Å². The zero-order valence-electron chi connectivity index (χ0n) is 7.34. The molecule has 0 saturated carbocycles. The number of rotatable bonds is 2. The Morgan fingerprint density at radius 2 is 1.82 bits per heavy atom. The highest BCUT2D eigenvalue weighted by molar-refractivity contribution is 4.92. The first-order valence-corrected chi connectivity index (χ1v) is 3.99. The molecule has 0 N–H and O–H groups in total. The van der Waals surface area contributed by atoms with Crippen molar-refractivity contribution >= 4 is 0 Å². The van der Waals surface area contributed by atoms with Crippen LogP contribution in [0, 0.1) is 12.8 Å². The van der Waals surface area contributed by atoms with Gasteiger partial charge in [-0.15, -0.1) is 12.8 Å². The van der Waals surface area contributed by atoms with E-state index in [2.05, 4.69) is 31.2 Å². The number of hydrogen-bond acceptors (Lipinski definition) is 1. The van der Waals surface area contributed by atoms with Crippen molar-refractivity contribution in [1.29, 1.82) is 0 Å². The van der Waals surface area contributed by atoms with E-state index in [-0.39, 0.29) is 0 Å². The van der Waals surface area contributed by atoms with E-state index in [4.69, 9.17) is 0 Å². The predicted octanol–water partition coefficient (Wildman–Crippen LogP) is 1.91. The molecule has 0 spiro atoms. The van der Waals surface area contributed by atoms with Gasteiger partial charge in [0.25, 0.3) is 0 Å². The largest absolute Gasteiger partial charge is 0.299 e. The Morgan fingerprint density at radius 1 is 1.36 bits per heavy atom. The van der Waals surface area contributed by atoms with E-state index in [0.717, 1.165) is 6.54 Å². The molecule has 0 atom stereocenters. The van der Waals surface area contributed by atoms with Gasteiger partial charge in [0.1, 0.15) is 0 Å². The molecule has 0 unspecified atom stereocenters. The van der Waals surface area contributed by atoms with Gasteiger partial charge in [-0.05, 0) is 32.9 Å². The van der Waals surface area contributed by atoms with E-state index in [1.54, 1.807) is 0 Å². The van der Waals surface area contributed by atoms with Gasteiger partial charge in [0.15, 0.2) is 0 Å². The minimum Gasteiger partial charge on any atom is -0.299 e. The van der Waals surface area contributed by atoms with Crippen molar-refractivity contribution in [1.82, 2.24) is 4.90 Å². The van der Waals surface area contributed by atoms with Crippen molar-refractivity contribution in [2.45, 2.75) is 19.8 Å². The molecule has 1 nitrogen and oxygen atoms in total. The second-order valence-electron chi connectivity index (χ2n) is 2.94. The van der Waals surface area contributed by atoms with Crippen molar-refractivity contribution in [3.8, 4) is 12.8 Å². The molecule has 0 radical (unpaired) electrons. The minimum absolute atomic E-state index is 1.11. The third-order valence-electron chi connectivity index (χ3n) is 1.69. The van der Waals surface area contributed by atoms with Crippen LogP contribution in [0.5, 0.6) is 0 Å². The lowest BCUT2D eigenvalue weighted by molar-refractivity contribution is 0.369. The molecule has 0 aliphatic carbocycles. The lowest BCUT2D eigenvalue weighted by Gasteiger charge is -2.13. The smallest absolute Gasteiger partial charge is 0.0187 e. The normalized spacial score (nSPS) is 17.0. The Bertz CT molecular complexity index is 129. The van der Waals surface area contributed by atoms with E-state index in [0.29, 0.717) is 0 Å². The SMILES string of the molecule is C#C.C=C(C)CN1CCCC1. The summed E-state index contributed by atoms with van der Waals surface area (Å²) in [5, 5.41) is 0. The van der Waals surface area contributed by atoms with Crippen LogP contribution in [0.15, 0.2) is 12.2 Å². The zero-order chi connectivity index (χ0) is 8.69. The summed E-state index contributed by atoms with van der Waals surface area (Å²) in [7, 11) is 0. The highest BCUT2D eigenvalue weighted by Crippen LogP contribution is 2.08. The Kier molecular flexibility index (Phi) is 5.60. The van der Waals surface area contributed by atoms with Gasteiger partial charge in [0.2, 0.25) is 0 Å². The van der Waals surface area contributed by atoms with Gasteiger partial charge in [-0.3, -0.25) is 4.90 Å². The predicted molar refractivity (Wildman–Crippen MR) is 50.4 cm³/mol. The van der Waals surface area contributed by atoms with Gasteiger partial charge in [0.05, 0.1) is 0 Å². The maximum atomic E-state index is 4.00. The number of hydrogen-bond donors (Lipinski definition) is 0. The minimum atomic E-state index is 1.11. The highest BCUT2D eigenvalue weighted by atomic mass is 15.1. The second kappa shape index (κ2) is 6.00. The highest BCUT2D eigenvalue weighted by Gasteiger charge is 2.09. The molecule has 1 rings (SSSR count). The molecule has 0 aromatic carbocycles. The molecular formula is C10H17N. The molecular weight excluding hydrogens is 134 g/mol. The van der Waals surface area contributed by atoms with Crippen LogP contribution < -0.4 is 0 Å². The Balaban J connectivity index is 0.000000461. The van der Waals surface area contributed by atoms with Crippen molar-refractivity contribution in [2.24, 2.45) is 0 Å². The third-order valence-corrected chi connectivity index (χ3v) is 1.69. The Labute approximate surface area is 70.1 Å². The molecule has 1 fully saturated rings. The maximum absolute atomic E-state index is 4.00. The third kappa shape index (κ3) is 4.64. The average Bonchev–Trinajstić information content (AvgIpc) is 2.43. The summed E-state index contributed by atoms with van der Waals surface area (Å²) in [4.78, 5) is 2.46. The fourth-order valence-corrected chi connectivity index (χ4v) is 1.32. The van der Waals surface area contributed by atoms with Gasteiger partial charge in [-0.1, -0.05) is 12.2 Å². The maximum Gasteiger partial charge on any atom is 0.0187 e. The molecule has 1 aliphatic rings. The summed E-state index contributed by atoms with van der Waals surface area (Å²) in [6.45, 7) is 9.65. The van der Waals surface area contributed by atoms with Crippen LogP contribution >= 0.6 is 0 Å². The molecule has 1 heteroatoms. The molecule has 1 aliphatic heterocycles. The van der Waals surface area contributed by atoms with Crippen molar-refractivity contribution in [2.75, 3.05) is 19.6 Å². The number of terminal acetylenes is 1. The van der Waals surface area contributed by atoms with Crippen molar-refractivity contribution in [3.63, 3.8) is 0 Å². The van der Waals surface area contributed by atoms with Gasteiger partial charge in [-0.25, -0.2) is 0 Å². The Morgan fingerprint density at radius 3 is 2.18 bits per heavy atom. The molecule has 1 saturated heterocycles. The van der Waals surface area contributed by atoms with Gasteiger partial charge >= 0.3 is 0 Å². The number of nitrogens with zero attached hydrogens (tertiary/aromatic N) is 1. The van der Waals surface area contributed by atoms with Crippen LogP contribution in [0.4, 0.5) is 0 Å². The molecule has 11 heavy (non-hydrogen) atoms. The van der Waals surface area contributed by atoms with Gasteiger partial charge < -0.3 is 0 Å². The molecule has 62 valence electrons. The molecule has 0 aromatic rings. The summed E-state index contributed by atoms with van der Waals surface area (Å²) in [5.74, 6) is 0. The summed E-state index contributed by atoms with van der Waals surface area (Å²) in [6.07, 6.45) is 10.8. The molecule has 0 bridgehead atoms. The first kappa shape index (κ1) is 10.3. The first-order chi connectivity index (χ1) is 5.29. The lowest BCUT2D eigenvalue weighted by atomic mass is 10.3. The fraction of sp³-hybridized carbons (Fsp3) is 0.600. The van der Waals surface area contributed by atoms with Gasteiger partial charge in [-0.2, -0.15) is 0 Å². The van der Waals surface area contributed by atoms with Crippen LogP contribution in [0.1, 0.15) is 19.8 Å². The standard InChI is InChI=1S/C8H15N.C2H2/c1-8(2)7-9-5-3-4-6-9;1-2/h1,3-7H2,2H3;1-2H. The van der Waals surface area contributed by atoms with Crippen LogP contribution in [0.2, 0.25) is 0 Å². The summed E-state index contributed by atoms with van der Waals surface area (Å²) >= 11 is 0. The zero-order valence-corrected chi connectivity index (χ0v) is 7.34. The number of likely N-dealkylation sites (tertiary alicyclic amines) is 1. The van der Waals surface area contributed by atoms with Crippen LogP contribution in [-0.2, 0) is 0 Å².